The highest BCUT2D eigenvalue weighted by atomic mass is 35.5. The molecule has 2 aliphatic rings. The molecule has 7 nitrogen and oxygen atoms in total. The normalized spacial score (nSPS) is 20.9. The van der Waals surface area contributed by atoms with Crippen molar-refractivity contribution >= 4 is 35.1 Å². The molecule has 5 rings (SSSR count). The van der Waals surface area contributed by atoms with Crippen molar-refractivity contribution in [3.05, 3.63) is 117 Å². The summed E-state index contributed by atoms with van der Waals surface area (Å²) in [5.74, 6) is -3.04. The second-order valence-corrected chi connectivity index (χ2v) is 12.7. The molecule has 1 fully saturated rings. The van der Waals surface area contributed by atoms with Gasteiger partial charge in [-0.15, -0.1) is 0 Å². The summed E-state index contributed by atoms with van der Waals surface area (Å²) in [4.78, 5) is 29.7. The van der Waals surface area contributed by atoms with Crippen molar-refractivity contribution in [3.8, 4) is 0 Å². The second kappa shape index (κ2) is 13.8. The van der Waals surface area contributed by atoms with Gasteiger partial charge in [-0.05, 0) is 79.6 Å². The lowest BCUT2D eigenvalue weighted by molar-refractivity contribution is -0.154. The highest BCUT2D eigenvalue weighted by molar-refractivity contribution is 6.30. The van der Waals surface area contributed by atoms with E-state index in [0.717, 1.165) is 0 Å². The third-order valence-corrected chi connectivity index (χ3v) is 9.87. The van der Waals surface area contributed by atoms with E-state index in [2.05, 4.69) is 6.58 Å². The Hall–Kier alpha value is -3.27. The van der Waals surface area contributed by atoms with Crippen LogP contribution in [0, 0.1) is 17.7 Å². The number of methoxy groups -OCH3 is 1. The quantitative estimate of drug-likeness (QED) is 0.167. The minimum absolute atomic E-state index is 0.0244. The molecule has 10 heteroatoms. The van der Waals surface area contributed by atoms with E-state index in [1.807, 2.05) is 6.92 Å². The molecule has 46 heavy (non-hydrogen) atoms. The Morgan fingerprint density at radius 3 is 2.33 bits per heavy atom. The maximum Gasteiger partial charge on any atom is 0.311 e. The summed E-state index contributed by atoms with van der Waals surface area (Å²) >= 11 is 12.5. The molecule has 1 amide bonds. The Morgan fingerprint density at radius 2 is 1.76 bits per heavy atom. The van der Waals surface area contributed by atoms with Crippen LogP contribution in [0.2, 0.25) is 10.0 Å². The Morgan fingerprint density at radius 1 is 1.15 bits per heavy atom. The lowest BCUT2D eigenvalue weighted by Crippen LogP contribution is -2.51. The van der Waals surface area contributed by atoms with E-state index in [9.17, 15) is 14.7 Å². The van der Waals surface area contributed by atoms with Crippen LogP contribution in [0.1, 0.15) is 71.8 Å². The smallest absolute Gasteiger partial charge is 0.311 e. The fourth-order valence-electron chi connectivity index (χ4n) is 6.99. The lowest BCUT2D eigenvalue weighted by Gasteiger charge is -2.44. The molecule has 0 spiro atoms. The molecule has 2 aliphatic heterocycles. The molecule has 0 bridgehead atoms. The number of benzene rings is 3. The molecule has 4 atom stereocenters. The van der Waals surface area contributed by atoms with Gasteiger partial charge in [0.05, 0.1) is 28.7 Å². The van der Waals surface area contributed by atoms with Crippen molar-refractivity contribution in [2.24, 2.45) is 11.8 Å². The van der Waals surface area contributed by atoms with E-state index in [4.69, 9.17) is 37.4 Å². The summed E-state index contributed by atoms with van der Waals surface area (Å²) in [5.41, 5.74) is -1.97. The maximum atomic E-state index is 16.9. The Kier molecular flexibility index (Phi) is 10.3. The molecule has 0 aliphatic carbocycles. The summed E-state index contributed by atoms with van der Waals surface area (Å²) < 4.78 is 34.1. The van der Waals surface area contributed by atoms with Gasteiger partial charge in [-0.25, -0.2) is 4.39 Å². The summed E-state index contributed by atoms with van der Waals surface area (Å²) in [5, 5.41) is 12.9. The molecule has 3 aromatic carbocycles. The number of aliphatic hydroxyl groups is 1. The van der Waals surface area contributed by atoms with Crippen molar-refractivity contribution in [1.82, 2.24) is 4.90 Å². The fraction of sp³-hybridized carbons (Fsp3) is 0.389. The SMILES string of the molecule is C=CCOC(=O)C(C)C(c1ccc(Cl)cc1)N1C(=O)c2cc(C(O)(CC)C3CCOCC3)cc(F)c2[C@]1(OC)c1ccc(Cl)cc1. The summed E-state index contributed by atoms with van der Waals surface area (Å²) in [6, 6.07) is 15.2. The first kappa shape index (κ1) is 34.1. The highest BCUT2D eigenvalue weighted by Gasteiger charge is 2.58. The van der Waals surface area contributed by atoms with Gasteiger partial charge < -0.3 is 19.3 Å². The Bertz CT molecular complexity index is 1590. The molecule has 0 saturated carbocycles. The van der Waals surface area contributed by atoms with Gasteiger partial charge in [0, 0.05) is 35.9 Å². The largest absolute Gasteiger partial charge is 0.461 e. The number of amides is 1. The van der Waals surface area contributed by atoms with Crippen LogP contribution in [0.4, 0.5) is 4.39 Å². The molecule has 1 saturated heterocycles. The number of esters is 1. The summed E-state index contributed by atoms with van der Waals surface area (Å²) in [6.07, 6.45) is 2.95. The number of halogens is 3. The number of carbonyl (C=O) groups is 2. The van der Waals surface area contributed by atoms with E-state index in [1.54, 1.807) is 61.5 Å². The molecule has 0 aromatic heterocycles. The van der Waals surface area contributed by atoms with Crippen LogP contribution in [-0.2, 0) is 30.3 Å². The van der Waals surface area contributed by atoms with E-state index in [-0.39, 0.29) is 23.7 Å². The number of hydrogen-bond acceptors (Lipinski definition) is 6. The van der Waals surface area contributed by atoms with Gasteiger partial charge in [0.15, 0.2) is 5.72 Å². The lowest BCUT2D eigenvalue weighted by atomic mass is 9.74. The minimum atomic E-state index is -1.83. The average molecular weight is 671 g/mol. The van der Waals surface area contributed by atoms with Crippen LogP contribution in [-0.4, -0.2) is 48.8 Å². The molecular formula is C36H38Cl2FNO6. The first-order valence-corrected chi connectivity index (χ1v) is 16.1. The average Bonchev–Trinajstić information content (AvgIpc) is 3.33. The number of nitrogens with zero attached hydrogens (tertiary/aromatic N) is 1. The van der Waals surface area contributed by atoms with Crippen LogP contribution in [0.15, 0.2) is 73.3 Å². The van der Waals surface area contributed by atoms with Crippen molar-refractivity contribution in [1.29, 1.82) is 0 Å². The summed E-state index contributed by atoms with van der Waals surface area (Å²) in [6.45, 7) is 8.05. The van der Waals surface area contributed by atoms with Crippen LogP contribution >= 0.6 is 23.2 Å². The molecule has 0 radical (unpaired) electrons. The van der Waals surface area contributed by atoms with Crippen molar-refractivity contribution < 1.29 is 33.3 Å². The molecule has 3 unspecified atom stereocenters. The Balaban J connectivity index is 1.78. The third kappa shape index (κ3) is 5.86. The zero-order valence-electron chi connectivity index (χ0n) is 26.1. The van der Waals surface area contributed by atoms with Gasteiger partial charge in [0.1, 0.15) is 12.4 Å². The zero-order chi connectivity index (χ0) is 33.2. The number of ether oxygens (including phenoxy) is 3. The zero-order valence-corrected chi connectivity index (χ0v) is 27.6. The van der Waals surface area contributed by atoms with Gasteiger partial charge in [-0.1, -0.05) is 67.0 Å². The maximum absolute atomic E-state index is 16.9. The van der Waals surface area contributed by atoms with Crippen molar-refractivity contribution in [2.45, 2.75) is 50.5 Å². The first-order chi connectivity index (χ1) is 22.0. The van der Waals surface area contributed by atoms with E-state index < -0.39 is 41.0 Å². The molecule has 2 heterocycles. The fourth-order valence-corrected chi connectivity index (χ4v) is 7.24. The van der Waals surface area contributed by atoms with Crippen LogP contribution in [0.5, 0.6) is 0 Å². The second-order valence-electron chi connectivity index (χ2n) is 11.8. The first-order valence-electron chi connectivity index (χ1n) is 15.4. The molecule has 244 valence electrons. The van der Waals surface area contributed by atoms with Gasteiger partial charge >= 0.3 is 5.97 Å². The van der Waals surface area contributed by atoms with E-state index in [0.29, 0.717) is 59.2 Å². The Labute approximate surface area is 278 Å². The minimum Gasteiger partial charge on any atom is -0.461 e. The molecular weight excluding hydrogens is 632 g/mol. The van der Waals surface area contributed by atoms with Crippen molar-refractivity contribution in [2.75, 3.05) is 26.9 Å². The van der Waals surface area contributed by atoms with Crippen LogP contribution in [0.3, 0.4) is 0 Å². The highest BCUT2D eigenvalue weighted by Crippen LogP contribution is 2.53. The van der Waals surface area contributed by atoms with Gasteiger partial charge in [-0.3, -0.25) is 14.5 Å². The van der Waals surface area contributed by atoms with Gasteiger partial charge in [0.2, 0.25) is 0 Å². The van der Waals surface area contributed by atoms with Crippen LogP contribution in [0.25, 0.3) is 0 Å². The van der Waals surface area contributed by atoms with Crippen molar-refractivity contribution in [3.63, 3.8) is 0 Å². The number of fused-ring (bicyclic) bond motifs is 1. The summed E-state index contributed by atoms with van der Waals surface area (Å²) in [7, 11) is 1.39. The predicted octanol–water partition coefficient (Wildman–Crippen LogP) is 7.57. The third-order valence-electron chi connectivity index (χ3n) is 9.36. The number of hydrogen-bond donors (Lipinski definition) is 1. The number of rotatable bonds is 11. The standard InChI is InChI=1S/C36H38Cl2FNO6/c1-5-17-46-34(42)22(3)32(23-7-11-27(37)12-8-23)40-33(41)29-20-26(35(43,6-2)24-15-18-45-19-16-24)21-30(39)31(29)36(40,44-4)25-9-13-28(38)14-10-25/h5,7-14,20-22,24,32,43H,1,6,15-19H2,2-4H3/t22?,32?,35?,36-/m1/s1. The number of carbonyl (C=O) groups excluding carboxylic acids is 2. The molecule has 1 N–H and O–H groups in total. The predicted molar refractivity (Wildman–Crippen MR) is 174 cm³/mol. The van der Waals surface area contributed by atoms with E-state index >= 15 is 4.39 Å². The molecule has 3 aromatic rings. The monoisotopic (exact) mass is 669 g/mol. The van der Waals surface area contributed by atoms with Crippen LogP contribution < -0.4 is 0 Å². The van der Waals surface area contributed by atoms with Gasteiger partial charge in [-0.2, -0.15) is 0 Å². The topological polar surface area (TPSA) is 85.3 Å². The van der Waals surface area contributed by atoms with E-state index in [1.165, 1.54) is 24.2 Å². The van der Waals surface area contributed by atoms with Gasteiger partial charge in [0.25, 0.3) is 5.91 Å².